The van der Waals surface area contributed by atoms with Crippen molar-refractivity contribution in [1.29, 1.82) is 5.41 Å². The van der Waals surface area contributed by atoms with Crippen molar-refractivity contribution in [2.24, 2.45) is 11.8 Å². The van der Waals surface area contributed by atoms with Gasteiger partial charge in [0, 0.05) is 45.0 Å². The molecule has 0 aromatic carbocycles. The molecule has 10 nitrogen and oxygen atoms in total. The third kappa shape index (κ3) is 6.03. The highest BCUT2D eigenvalue weighted by atomic mass is 32.2. The standard InChI is InChI=1S/C19H29FN6O4S/c1-22-18(21)24-19(27)30-12-15-2-7-23-17(16(15)20)25-8-3-13(4-9-25)14-5-10-26(11-6-14)31(28)29/h2,7,13-14,31H,3-6,8-12H2,1H3,(H3,21,22,24,27). The van der Waals surface area contributed by atoms with Crippen molar-refractivity contribution in [3.05, 3.63) is 23.6 Å². The molecule has 12 heteroatoms. The van der Waals surface area contributed by atoms with Gasteiger partial charge in [-0.1, -0.05) is 0 Å². The summed E-state index contributed by atoms with van der Waals surface area (Å²) in [4.78, 5) is 17.7. The number of hydrogen-bond donors (Lipinski definition) is 4. The number of amides is 1. The van der Waals surface area contributed by atoms with Gasteiger partial charge in [-0.05, 0) is 43.6 Å². The largest absolute Gasteiger partial charge is 0.444 e. The number of aromatic nitrogens is 1. The molecule has 0 unspecified atom stereocenters. The summed E-state index contributed by atoms with van der Waals surface area (Å²) in [5.41, 5.74) is 0.220. The lowest BCUT2D eigenvalue weighted by Crippen LogP contribution is -2.41. The van der Waals surface area contributed by atoms with Gasteiger partial charge in [0.05, 0.1) is 0 Å². The van der Waals surface area contributed by atoms with Gasteiger partial charge in [0.2, 0.25) is 10.9 Å². The number of nitrogens with one attached hydrogen (secondary N) is 3. The van der Waals surface area contributed by atoms with Gasteiger partial charge in [0.15, 0.2) is 17.6 Å². The van der Waals surface area contributed by atoms with Crippen LogP contribution >= 0.6 is 0 Å². The zero-order valence-corrected chi connectivity index (χ0v) is 18.4. The predicted molar refractivity (Wildman–Crippen MR) is 114 cm³/mol. The minimum Gasteiger partial charge on any atom is -0.444 e. The van der Waals surface area contributed by atoms with E-state index in [4.69, 9.17) is 10.1 Å². The van der Waals surface area contributed by atoms with E-state index in [0.29, 0.717) is 38.0 Å². The Kier molecular flexibility index (Phi) is 8.02. The minimum absolute atomic E-state index is 0.212. The van der Waals surface area contributed by atoms with Crippen LogP contribution in [0.25, 0.3) is 0 Å². The summed E-state index contributed by atoms with van der Waals surface area (Å²) in [6.07, 6.45) is 4.22. The van der Waals surface area contributed by atoms with Crippen LogP contribution in [0.5, 0.6) is 0 Å². The summed E-state index contributed by atoms with van der Waals surface area (Å²) in [6, 6.07) is 1.47. The molecule has 0 aliphatic carbocycles. The van der Waals surface area contributed by atoms with Crippen molar-refractivity contribution in [3.63, 3.8) is 0 Å². The van der Waals surface area contributed by atoms with E-state index in [1.807, 2.05) is 4.90 Å². The van der Waals surface area contributed by atoms with Crippen LogP contribution in [0.4, 0.5) is 15.0 Å². The molecule has 0 saturated carbocycles. The lowest BCUT2D eigenvalue weighted by atomic mass is 9.79. The average Bonchev–Trinajstić information content (AvgIpc) is 2.78. The van der Waals surface area contributed by atoms with Crippen LogP contribution in [0.15, 0.2) is 12.3 Å². The van der Waals surface area contributed by atoms with E-state index in [0.717, 1.165) is 25.7 Å². The summed E-state index contributed by atoms with van der Waals surface area (Å²) < 4.78 is 43.7. The molecule has 0 atom stereocenters. The van der Waals surface area contributed by atoms with Crippen LogP contribution in [0.1, 0.15) is 31.2 Å². The number of thiol groups is 1. The van der Waals surface area contributed by atoms with E-state index in [2.05, 4.69) is 15.6 Å². The predicted octanol–water partition coefficient (Wildman–Crippen LogP) is 1.06. The number of hydrogen-bond acceptors (Lipinski definition) is 7. The average molecular weight is 457 g/mol. The van der Waals surface area contributed by atoms with E-state index in [-0.39, 0.29) is 23.9 Å². The number of halogens is 1. The van der Waals surface area contributed by atoms with E-state index in [1.54, 1.807) is 0 Å². The highest BCUT2D eigenvalue weighted by Crippen LogP contribution is 2.34. The minimum atomic E-state index is -2.49. The lowest BCUT2D eigenvalue weighted by Gasteiger charge is -2.39. The molecular weight excluding hydrogens is 427 g/mol. The molecule has 0 radical (unpaired) electrons. The molecule has 172 valence electrons. The van der Waals surface area contributed by atoms with Crippen LogP contribution in [-0.4, -0.2) is 63.0 Å². The lowest BCUT2D eigenvalue weighted by molar-refractivity contribution is 0.143. The molecule has 31 heavy (non-hydrogen) atoms. The quantitative estimate of drug-likeness (QED) is 0.296. The van der Waals surface area contributed by atoms with Crippen molar-refractivity contribution in [1.82, 2.24) is 19.9 Å². The Morgan fingerprint density at radius 3 is 2.42 bits per heavy atom. The molecule has 3 heterocycles. The maximum Gasteiger partial charge on any atom is 0.414 e. The van der Waals surface area contributed by atoms with Gasteiger partial charge in [-0.25, -0.2) is 26.9 Å². The SMILES string of the molecule is CNC(=N)NC(=O)OCc1ccnc(N2CCC(C3CCN([SH](=O)=O)CC3)CC2)c1F. The monoisotopic (exact) mass is 456 g/mol. The Labute approximate surface area is 182 Å². The Balaban J connectivity index is 1.53. The second-order valence-corrected chi connectivity index (χ2v) is 8.83. The first kappa shape index (κ1) is 23.2. The second kappa shape index (κ2) is 10.7. The number of nitrogens with zero attached hydrogens (tertiary/aromatic N) is 3. The first-order chi connectivity index (χ1) is 14.9. The molecule has 2 aliphatic rings. The molecule has 0 spiro atoms. The number of rotatable bonds is 5. The Hall–Kier alpha value is -2.47. The number of piperidine rings is 2. The number of anilines is 1. The first-order valence-electron chi connectivity index (χ1n) is 10.4. The van der Waals surface area contributed by atoms with Crippen LogP contribution in [0.2, 0.25) is 0 Å². The zero-order valence-electron chi connectivity index (χ0n) is 17.5. The van der Waals surface area contributed by atoms with Gasteiger partial charge < -0.3 is 15.0 Å². The molecule has 2 aliphatic heterocycles. The summed E-state index contributed by atoms with van der Waals surface area (Å²) in [6.45, 7) is 2.26. The fraction of sp³-hybridized carbons (Fsp3) is 0.632. The van der Waals surface area contributed by atoms with Gasteiger partial charge in [0.25, 0.3) is 0 Å². The highest BCUT2D eigenvalue weighted by Gasteiger charge is 2.31. The summed E-state index contributed by atoms with van der Waals surface area (Å²) >= 11 is 0. The maximum atomic E-state index is 15.0. The zero-order chi connectivity index (χ0) is 22.4. The van der Waals surface area contributed by atoms with Crippen molar-refractivity contribution >= 4 is 28.8 Å². The first-order valence-corrected chi connectivity index (χ1v) is 11.5. The summed E-state index contributed by atoms with van der Waals surface area (Å²) in [5.74, 6) is 0.534. The number of alkyl carbamates (subject to hydrolysis) is 1. The Bertz CT molecular complexity index is 859. The molecule has 2 fully saturated rings. The highest BCUT2D eigenvalue weighted by molar-refractivity contribution is 7.69. The molecule has 1 aromatic rings. The molecule has 1 amide bonds. The number of ether oxygens (including phenoxy) is 1. The van der Waals surface area contributed by atoms with E-state index in [1.165, 1.54) is 23.6 Å². The third-order valence-electron chi connectivity index (χ3n) is 6.04. The Morgan fingerprint density at radius 2 is 1.84 bits per heavy atom. The molecule has 1 aromatic heterocycles. The van der Waals surface area contributed by atoms with Crippen LogP contribution in [0, 0.1) is 23.1 Å². The topological polar surface area (TPSA) is 128 Å². The number of carbonyl (C=O) groups is 1. The van der Waals surface area contributed by atoms with Gasteiger partial charge >= 0.3 is 6.09 Å². The summed E-state index contributed by atoms with van der Waals surface area (Å²) in [5, 5.41) is 11.9. The van der Waals surface area contributed by atoms with Crippen molar-refractivity contribution < 1.29 is 22.3 Å². The molecule has 3 N–H and O–H groups in total. The van der Waals surface area contributed by atoms with Crippen LogP contribution < -0.4 is 15.5 Å². The van der Waals surface area contributed by atoms with Crippen LogP contribution in [0.3, 0.4) is 0 Å². The van der Waals surface area contributed by atoms with Gasteiger partial charge in [0.1, 0.15) is 6.61 Å². The molecular formula is C19H29FN6O4S. The third-order valence-corrected chi connectivity index (χ3v) is 6.90. The molecule has 2 saturated heterocycles. The maximum absolute atomic E-state index is 15.0. The number of guanidine groups is 1. The van der Waals surface area contributed by atoms with Crippen LogP contribution in [-0.2, 0) is 22.2 Å². The fourth-order valence-electron chi connectivity index (χ4n) is 4.25. The fourth-order valence-corrected chi connectivity index (χ4v) is 4.81. The van der Waals surface area contributed by atoms with Gasteiger partial charge in [-0.15, -0.1) is 0 Å². The number of carbonyl (C=O) groups excluding carboxylic acids is 1. The molecule has 0 bridgehead atoms. The van der Waals surface area contributed by atoms with E-state index < -0.39 is 22.8 Å². The van der Waals surface area contributed by atoms with Crippen molar-refractivity contribution in [3.8, 4) is 0 Å². The second-order valence-electron chi connectivity index (χ2n) is 7.79. The van der Waals surface area contributed by atoms with Gasteiger partial charge in [-0.2, -0.15) is 0 Å². The Morgan fingerprint density at radius 1 is 1.23 bits per heavy atom. The smallest absolute Gasteiger partial charge is 0.414 e. The van der Waals surface area contributed by atoms with Crippen molar-refractivity contribution in [2.45, 2.75) is 32.3 Å². The van der Waals surface area contributed by atoms with Gasteiger partial charge in [-0.3, -0.25) is 10.7 Å². The van der Waals surface area contributed by atoms with E-state index in [9.17, 15) is 17.6 Å². The van der Waals surface area contributed by atoms with E-state index >= 15 is 0 Å². The molecule has 3 rings (SSSR count). The number of pyridine rings is 1. The van der Waals surface area contributed by atoms with Crippen molar-refractivity contribution in [2.75, 3.05) is 38.1 Å². The summed E-state index contributed by atoms with van der Waals surface area (Å²) in [7, 11) is -1.00. The normalized spacial score (nSPS) is 18.7.